The Morgan fingerprint density at radius 1 is 0.917 bits per heavy atom. The summed E-state index contributed by atoms with van der Waals surface area (Å²) in [5, 5.41) is 4.45. The molecule has 4 aromatic rings. The molecular weight excluding hydrogens is 480 g/mol. The molecule has 0 saturated heterocycles. The molecule has 0 unspecified atom stereocenters. The highest BCUT2D eigenvalue weighted by molar-refractivity contribution is 5.96. The first-order chi connectivity index (χ1) is 17.1. The maximum atomic E-state index is 14.1. The van der Waals surface area contributed by atoms with Gasteiger partial charge in [-0.05, 0) is 25.1 Å². The van der Waals surface area contributed by atoms with E-state index in [-0.39, 0.29) is 28.7 Å². The Morgan fingerprint density at radius 3 is 2.19 bits per heavy atom. The molecule has 0 spiro atoms. The van der Waals surface area contributed by atoms with Crippen molar-refractivity contribution in [1.82, 2.24) is 9.55 Å². The lowest BCUT2D eigenvalue weighted by molar-refractivity contribution is -0.119. The van der Waals surface area contributed by atoms with Crippen molar-refractivity contribution in [2.75, 3.05) is 10.6 Å². The molecule has 184 valence electrons. The van der Waals surface area contributed by atoms with Crippen LogP contribution in [0.4, 0.5) is 28.9 Å². The molecule has 2 N–H and O–H groups in total. The van der Waals surface area contributed by atoms with Crippen LogP contribution in [-0.2, 0) is 9.59 Å². The smallest absolute Gasteiger partial charge is 0.278 e. The number of carbonyl (C=O) groups excluding carboxylic acids is 2. The zero-order valence-electron chi connectivity index (χ0n) is 18.9. The third-order valence-electron chi connectivity index (χ3n) is 5.41. The van der Waals surface area contributed by atoms with Gasteiger partial charge in [0.1, 0.15) is 17.4 Å². The molecule has 4 rings (SSSR count). The van der Waals surface area contributed by atoms with Gasteiger partial charge in [0.15, 0.2) is 23.3 Å². The van der Waals surface area contributed by atoms with Crippen molar-refractivity contribution in [3.63, 3.8) is 0 Å². The van der Waals surface area contributed by atoms with E-state index in [4.69, 9.17) is 0 Å². The zero-order chi connectivity index (χ0) is 26.1. The van der Waals surface area contributed by atoms with Crippen LogP contribution in [0.5, 0.6) is 0 Å². The van der Waals surface area contributed by atoms with E-state index in [2.05, 4.69) is 10.3 Å². The van der Waals surface area contributed by atoms with Crippen molar-refractivity contribution in [1.29, 1.82) is 0 Å². The molecule has 1 heterocycles. The number of nitrogens with one attached hydrogen (secondary N) is 2. The fraction of sp³-hybridized carbons (Fsp3) is 0.120. The fourth-order valence-electron chi connectivity index (χ4n) is 3.73. The van der Waals surface area contributed by atoms with Gasteiger partial charge in [0, 0.05) is 18.6 Å². The fourth-order valence-corrected chi connectivity index (χ4v) is 3.73. The molecule has 1 aromatic heterocycles. The van der Waals surface area contributed by atoms with E-state index in [1.807, 2.05) is 5.32 Å². The van der Waals surface area contributed by atoms with Crippen LogP contribution in [0.2, 0.25) is 0 Å². The van der Waals surface area contributed by atoms with E-state index in [0.717, 1.165) is 4.57 Å². The van der Waals surface area contributed by atoms with Crippen LogP contribution in [0.1, 0.15) is 19.9 Å². The molecule has 36 heavy (non-hydrogen) atoms. The standard InChI is InChI=1S/C25H18F4N4O3/c1-12(24(35)32-23-20(28)15(26)11-16(27)21(23)29)33-19-10-6-5-9-18(19)31-22(25(33)36)14-7-3-4-8-17(14)30-13(2)34/h3-12H,1-2H3,(H,30,34)(H,32,35)/t12-/m1/s1. The lowest BCUT2D eigenvalue weighted by Crippen LogP contribution is -2.34. The number of nitrogens with zero attached hydrogens (tertiary/aromatic N) is 2. The number of carbonyl (C=O) groups is 2. The molecule has 2 amide bonds. The van der Waals surface area contributed by atoms with Crippen molar-refractivity contribution in [2.45, 2.75) is 19.9 Å². The van der Waals surface area contributed by atoms with Crippen LogP contribution >= 0.6 is 0 Å². The zero-order valence-corrected chi connectivity index (χ0v) is 18.9. The van der Waals surface area contributed by atoms with Gasteiger partial charge in [-0.2, -0.15) is 0 Å². The molecular formula is C25H18F4N4O3. The number of halogens is 4. The maximum Gasteiger partial charge on any atom is 0.278 e. The number of para-hydroxylation sites is 3. The number of fused-ring (bicyclic) bond motifs is 1. The Kier molecular flexibility index (Phi) is 6.56. The largest absolute Gasteiger partial charge is 0.326 e. The molecule has 0 aliphatic carbocycles. The number of hydrogen-bond acceptors (Lipinski definition) is 4. The Hall–Kier alpha value is -4.54. The molecule has 7 nitrogen and oxygen atoms in total. The minimum absolute atomic E-state index is 0.0173. The first-order valence-electron chi connectivity index (χ1n) is 10.6. The monoisotopic (exact) mass is 498 g/mol. The summed E-state index contributed by atoms with van der Waals surface area (Å²) in [7, 11) is 0. The van der Waals surface area contributed by atoms with Gasteiger partial charge < -0.3 is 10.6 Å². The summed E-state index contributed by atoms with van der Waals surface area (Å²) in [6, 6.07) is 11.4. The third-order valence-corrected chi connectivity index (χ3v) is 5.41. The Morgan fingerprint density at radius 2 is 1.53 bits per heavy atom. The van der Waals surface area contributed by atoms with Crippen LogP contribution in [0.3, 0.4) is 0 Å². The summed E-state index contributed by atoms with van der Waals surface area (Å²) >= 11 is 0. The summed E-state index contributed by atoms with van der Waals surface area (Å²) in [5.74, 6) is -8.46. The van der Waals surface area contributed by atoms with Gasteiger partial charge in [0.2, 0.25) is 11.8 Å². The minimum Gasteiger partial charge on any atom is -0.326 e. The first-order valence-corrected chi connectivity index (χ1v) is 10.6. The number of rotatable bonds is 5. The number of benzene rings is 3. The molecule has 11 heteroatoms. The Bertz CT molecular complexity index is 1560. The second-order valence-corrected chi connectivity index (χ2v) is 7.86. The van der Waals surface area contributed by atoms with Crippen LogP contribution in [0, 0.1) is 23.3 Å². The molecule has 1 atom stereocenters. The van der Waals surface area contributed by atoms with Gasteiger partial charge in [-0.1, -0.05) is 30.3 Å². The van der Waals surface area contributed by atoms with Crippen LogP contribution in [0.25, 0.3) is 22.3 Å². The Balaban J connectivity index is 1.87. The SMILES string of the molecule is CC(=O)Nc1ccccc1-c1nc2ccccc2n([C@H](C)C(=O)Nc2c(F)c(F)cc(F)c2F)c1=O. The average Bonchev–Trinajstić information content (AvgIpc) is 2.84. The molecule has 0 radical (unpaired) electrons. The van der Waals surface area contributed by atoms with Gasteiger partial charge in [-0.3, -0.25) is 19.0 Å². The second-order valence-electron chi connectivity index (χ2n) is 7.86. The highest BCUT2D eigenvalue weighted by atomic mass is 19.2. The molecule has 0 bridgehead atoms. The highest BCUT2D eigenvalue weighted by Crippen LogP contribution is 2.28. The molecule has 0 aliphatic heterocycles. The van der Waals surface area contributed by atoms with Gasteiger partial charge in [-0.15, -0.1) is 0 Å². The molecule has 3 aromatic carbocycles. The number of anilines is 2. The number of amides is 2. The third kappa shape index (κ3) is 4.42. The van der Waals surface area contributed by atoms with E-state index < -0.39 is 46.5 Å². The highest BCUT2D eigenvalue weighted by Gasteiger charge is 2.26. The van der Waals surface area contributed by atoms with Crippen molar-refractivity contribution in [3.8, 4) is 11.3 Å². The van der Waals surface area contributed by atoms with Crippen molar-refractivity contribution in [3.05, 3.63) is 88.2 Å². The van der Waals surface area contributed by atoms with Crippen molar-refractivity contribution >= 4 is 34.2 Å². The minimum atomic E-state index is -1.79. The van der Waals surface area contributed by atoms with Crippen molar-refractivity contribution in [2.24, 2.45) is 0 Å². The summed E-state index contributed by atoms with van der Waals surface area (Å²) in [5.41, 5.74) is -1.07. The molecule has 0 fully saturated rings. The first kappa shape index (κ1) is 24.6. The summed E-state index contributed by atoms with van der Waals surface area (Å²) in [6.07, 6.45) is 0. The lowest BCUT2D eigenvalue weighted by Gasteiger charge is -2.20. The average molecular weight is 498 g/mol. The number of hydrogen-bond donors (Lipinski definition) is 2. The lowest BCUT2D eigenvalue weighted by atomic mass is 10.1. The van der Waals surface area contributed by atoms with Crippen molar-refractivity contribution < 1.29 is 27.2 Å². The van der Waals surface area contributed by atoms with E-state index in [1.54, 1.807) is 42.5 Å². The predicted molar refractivity (Wildman–Crippen MR) is 125 cm³/mol. The van der Waals surface area contributed by atoms with E-state index in [0.29, 0.717) is 11.2 Å². The maximum absolute atomic E-state index is 14.1. The van der Waals surface area contributed by atoms with Crippen LogP contribution in [0.15, 0.2) is 59.4 Å². The Labute approximate surface area is 201 Å². The van der Waals surface area contributed by atoms with Gasteiger partial charge >= 0.3 is 0 Å². The van der Waals surface area contributed by atoms with E-state index in [1.165, 1.54) is 19.9 Å². The molecule has 0 aliphatic rings. The quantitative estimate of drug-likeness (QED) is 0.306. The summed E-state index contributed by atoms with van der Waals surface area (Å²) in [4.78, 5) is 42.6. The normalized spacial score (nSPS) is 11.8. The predicted octanol–water partition coefficient (Wildman–Crippen LogP) is 4.78. The van der Waals surface area contributed by atoms with Crippen LogP contribution in [-0.4, -0.2) is 21.4 Å². The van der Waals surface area contributed by atoms with Gasteiger partial charge in [-0.25, -0.2) is 22.5 Å². The van der Waals surface area contributed by atoms with Crippen LogP contribution < -0.4 is 16.2 Å². The summed E-state index contributed by atoms with van der Waals surface area (Å²) in [6.45, 7) is 2.57. The van der Waals surface area contributed by atoms with Gasteiger partial charge in [0.05, 0.1) is 16.7 Å². The molecule has 0 saturated carbocycles. The second kappa shape index (κ2) is 9.61. The van der Waals surface area contributed by atoms with E-state index >= 15 is 0 Å². The summed E-state index contributed by atoms with van der Waals surface area (Å²) < 4.78 is 56.5. The van der Waals surface area contributed by atoms with Gasteiger partial charge in [0.25, 0.3) is 5.56 Å². The number of aromatic nitrogens is 2. The van der Waals surface area contributed by atoms with E-state index in [9.17, 15) is 31.9 Å². The topological polar surface area (TPSA) is 93.1 Å².